The summed E-state index contributed by atoms with van der Waals surface area (Å²) in [5, 5.41) is 6.97. The van der Waals surface area contributed by atoms with Crippen molar-refractivity contribution in [1.29, 1.82) is 0 Å². The Balaban J connectivity index is 1.44. The zero-order valence-corrected chi connectivity index (χ0v) is 18.1. The van der Waals surface area contributed by atoms with Crippen LogP contribution < -0.4 is 10.6 Å². The Hall–Kier alpha value is -3.32. The normalized spacial score (nSPS) is 18.0. The lowest BCUT2D eigenvalue weighted by Gasteiger charge is -2.41. The number of para-hydroxylation sites is 1. The molecule has 1 atom stereocenters. The SMILES string of the molecule is CN1C(=O)c2cc3ccccc3n2C[C@]1(C)C(=O)NCC(=O)NCc1cccc(Cl)c1. The molecule has 1 aliphatic heterocycles. The molecule has 0 unspecified atom stereocenters. The van der Waals surface area contributed by atoms with Crippen molar-refractivity contribution in [3.63, 3.8) is 0 Å². The van der Waals surface area contributed by atoms with E-state index in [2.05, 4.69) is 10.6 Å². The van der Waals surface area contributed by atoms with Gasteiger partial charge in [-0.2, -0.15) is 0 Å². The summed E-state index contributed by atoms with van der Waals surface area (Å²) in [6.45, 7) is 2.13. The molecule has 0 radical (unpaired) electrons. The van der Waals surface area contributed by atoms with Crippen LogP contribution in [-0.2, 0) is 22.7 Å². The first-order chi connectivity index (χ1) is 14.8. The minimum absolute atomic E-state index is 0.184. The van der Waals surface area contributed by atoms with E-state index in [1.165, 1.54) is 4.90 Å². The van der Waals surface area contributed by atoms with Crippen LogP contribution in [0.1, 0.15) is 23.0 Å². The van der Waals surface area contributed by atoms with Crippen molar-refractivity contribution in [3.05, 3.63) is 70.9 Å². The first-order valence-corrected chi connectivity index (χ1v) is 10.3. The van der Waals surface area contributed by atoms with Gasteiger partial charge in [-0.3, -0.25) is 14.4 Å². The smallest absolute Gasteiger partial charge is 0.271 e. The summed E-state index contributed by atoms with van der Waals surface area (Å²) >= 11 is 5.95. The molecule has 7 nitrogen and oxygen atoms in total. The van der Waals surface area contributed by atoms with Gasteiger partial charge in [0.25, 0.3) is 5.91 Å². The molecule has 0 bridgehead atoms. The third kappa shape index (κ3) is 3.88. The molecule has 2 aromatic carbocycles. The minimum Gasteiger partial charge on any atom is -0.350 e. The number of benzene rings is 2. The molecule has 3 amide bonds. The molecule has 8 heteroatoms. The highest BCUT2D eigenvalue weighted by molar-refractivity contribution is 6.30. The number of hydrogen-bond acceptors (Lipinski definition) is 3. The Morgan fingerprint density at radius 2 is 1.87 bits per heavy atom. The molecule has 31 heavy (non-hydrogen) atoms. The fraction of sp³-hybridized carbons (Fsp3) is 0.261. The summed E-state index contributed by atoms with van der Waals surface area (Å²) in [7, 11) is 1.61. The van der Waals surface area contributed by atoms with Crippen molar-refractivity contribution in [2.24, 2.45) is 0 Å². The molecule has 1 aromatic heterocycles. The van der Waals surface area contributed by atoms with Gasteiger partial charge in [-0.1, -0.05) is 41.9 Å². The van der Waals surface area contributed by atoms with Gasteiger partial charge in [-0.05, 0) is 36.8 Å². The Morgan fingerprint density at radius 1 is 1.10 bits per heavy atom. The van der Waals surface area contributed by atoms with Crippen molar-refractivity contribution < 1.29 is 14.4 Å². The largest absolute Gasteiger partial charge is 0.350 e. The summed E-state index contributed by atoms with van der Waals surface area (Å²) < 4.78 is 1.87. The van der Waals surface area contributed by atoms with E-state index in [1.54, 1.807) is 26.1 Å². The molecule has 160 valence electrons. The van der Waals surface area contributed by atoms with Gasteiger partial charge in [0.15, 0.2) is 0 Å². The van der Waals surface area contributed by atoms with Gasteiger partial charge in [-0.15, -0.1) is 0 Å². The second kappa shape index (κ2) is 8.07. The number of fused-ring (bicyclic) bond motifs is 3. The molecule has 2 N–H and O–H groups in total. The summed E-state index contributed by atoms with van der Waals surface area (Å²) in [5.74, 6) is -0.941. The third-order valence-electron chi connectivity index (χ3n) is 5.82. The van der Waals surface area contributed by atoms with Gasteiger partial charge < -0.3 is 20.1 Å². The van der Waals surface area contributed by atoms with Crippen LogP contribution in [0.5, 0.6) is 0 Å². The topological polar surface area (TPSA) is 83.4 Å². The van der Waals surface area contributed by atoms with E-state index in [0.29, 0.717) is 23.8 Å². The van der Waals surface area contributed by atoms with Gasteiger partial charge in [0.2, 0.25) is 11.8 Å². The number of likely N-dealkylation sites (N-methyl/N-ethyl adjacent to an activating group) is 1. The van der Waals surface area contributed by atoms with E-state index in [9.17, 15) is 14.4 Å². The Bertz CT molecular complexity index is 1190. The third-order valence-corrected chi connectivity index (χ3v) is 6.05. The van der Waals surface area contributed by atoms with Crippen LogP contribution in [0.3, 0.4) is 0 Å². The number of hydrogen-bond donors (Lipinski definition) is 2. The summed E-state index contributed by atoms with van der Waals surface area (Å²) in [6.07, 6.45) is 0. The number of aromatic nitrogens is 1. The highest BCUT2D eigenvalue weighted by Crippen LogP contribution is 2.31. The van der Waals surface area contributed by atoms with Gasteiger partial charge in [0.1, 0.15) is 11.2 Å². The van der Waals surface area contributed by atoms with Crippen LogP contribution in [-0.4, -0.2) is 46.3 Å². The molecule has 3 aromatic rings. The van der Waals surface area contributed by atoms with Crippen LogP contribution in [0.25, 0.3) is 10.9 Å². The zero-order chi connectivity index (χ0) is 22.2. The quantitative estimate of drug-likeness (QED) is 0.642. The summed E-state index contributed by atoms with van der Waals surface area (Å²) in [4.78, 5) is 39.7. The lowest BCUT2D eigenvalue weighted by Crippen LogP contribution is -2.63. The number of nitrogens with zero attached hydrogens (tertiary/aromatic N) is 2. The maximum atomic E-state index is 13.1. The fourth-order valence-corrected chi connectivity index (χ4v) is 4.07. The van der Waals surface area contributed by atoms with Crippen molar-refractivity contribution in [3.8, 4) is 0 Å². The van der Waals surface area contributed by atoms with E-state index in [1.807, 2.05) is 47.0 Å². The molecular formula is C23H23ClN4O3. The highest BCUT2D eigenvalue weighted by atomic mass is 35.5. The van der Waals surface area contributed by atoms with Gasteiger partial charge in [-0.25, -0.2) is 0 Å². The molecule has 0 saturated carbocycles. The van der Waals surface area contributed by atoms with Crippen LogP contribution in [0.15, 0.2) is 54.6 Å². The number of rotatable bonds is 5. The Morgan fingerprint density at radius 3 is 2.65 bits per heavy atom. The lowest BCUT2D eigenvalue weighted by atomic mass is 9.95. The van der Waals surface area contributed by atoms with Gasteiger partial charge >= 0.3 is 0 Å². The van der Waals surface area contributed by atoms with Crippen molar-refractivity contribution in [1.82, 2.24) is 20.1 Å². The molecule has 0 fully saturated rings. The highest BCUT2D eigenvalue weighted by Gasteiger charge is 2.45. The summed E-state index contributed by atoms with van der Waals surface area (Å²) in [6, 6.07) is 16.7. The second-order valence-corrected chi connectivity index (χ2v) is 8.34. The number of amides is 3. The predicted molar refractivity (Wildman–Crippen MR) is 119 cm³/mol. The van der Waals surface area contributed by atoms with Crippen molar-refractivity contribution in [2.75, 3.05) is 13.6 Å². The molecule has 4 rings (SSSR count). The Labute approximate surface area is 185 Å². The maximum absolute atomic E-state index is 13.1. The fourth-order valence-electron chi connectivity index (χ4n) is 3.85. The minimum atomic E-state index is -1.13. The van der Waals surface area contributed by atoms with Gasteiger partial charge in [0.05, 0.1) is 13.1 Å². The number of carbonyl (C=O) groups is 3. The molecule has 0 spiro atoms. The second-order valence-electron chi connectivity index (χ2n) is 7.90. The predicted octanol–water partition coefficient (Wildman–Crippen LogP) is 2.57. The van der Waals surface area contributed by atoms with Gasteiger partial charge in [0, 0.05) is 29.5 Å². The van der Waals surface area contributed by atoms with Crippen LogP contribution >= 0.6 is 11.6 Å². The molecule has 1 aliphatic rings. The first kappa shape index (κ1) is 20.9. The number of halogens is 1. The Kier molecular flexibility index (Phi) is 5.45. The summed E-state index contributed by atoms with van der Waals surface area (Å²) in [5.41, 5.74) is 1.19. The monoisotopic (exact) mass is 438 g/mol. The van der Waals surface area contributed by atoms with Crippen molar-refractivity contribution in [2.45, 2.75) is 25.6 Å². The first-order valence-electron chi connectivity index (χ1n) is 9.95. The number of carbonyl (C=O) groups excluding carboxylic acids is 3. The zero-order valence-electron chi connectivity index (χ0n) is 17.3. The average Bonchev–Trinajstić information content (AvgIpc) is 3.13. The molecule has 2 heterocycles. The molecule has 0 aliphatic carbocycles. The van der Waals surface area contributed by atoms with Crippen LogP contribution in [0.2, 0.25) is 5.02 Å². The molecule has 0 saturated heterocycles. The van der Waals surface area contributed by atoms with Crippen LogP contribution in [0.4, 0.5) is 0 Å². The van der Waals surface area contributed by atoms with E-state index in [0.717, 1.165) is 16.5 Å². The standard InChI is InChI=1S/C23H23ClN4O3/c1-23(22(31)26-13-20(29)25-12-15-6-5-8-17(24)10-15)14-28-18-9-4-3-7-16(18)11-19(28)21(30)27(23)2/h3-11H,12-14H2,1-2H3,(H,25,29)(H,26,31)/t23-/m1/s1. The van der Waals surface area contributed by atoms with E-state index < -0.39 is 5.54 Å². The van der Waals surface area contributed by atoms with E-state index in [-0.39, 0.29) is 24.3 Å². The van der Waals surface area contributed by atoms with E-state index >= 15 is 0 Å². The van der Waals surface area contributed by atoms with E-state index in [4.69, 9.17) is 11.6 Å². The number of nitrogens with one attached hydrogen (secondary N) is 2. The maximum Gasteiger partial charge on any atom is 0.271 e. The molecular weight excluding hydrogens is 416 g/mol. The average molecular weight is 439 g/mol. The van der Waals surface area contributed by atoms with Crippen LogP contribution in [0, 0.1) is 0 Å². The lowest BCUT2D eigenvalue weighted by molar-refractivity contribution is -0.134. The van der Waals surface area contributed by atoms with Crippen molar-refractivity contribution >= 4 is 40.2 Å².